The fourth-order valence-corrected chi connectivity index (χ4v) is 4.90. The normalized spacial score (nSPS) is 19.8. The molecule has 0 aliphatic carbocycles. The van der Waals surface area contributed by atoms with Crippen molar-refractivity contribution < 1.29 is 9.53 Å². The van der Waals surface area contributed by atoms with Gasteiger partial charge in [-0.05, 0) is 42.8 Å². The number of carbonyl (C=O) groups is 1. The second kappa shape index (κ2) is 9.14. The fraction of sp³-hybridized carbons (Fsp3) is 0.385. The van der Waals surface area contributed by atoms with E-state index in [1.807, 2.05) is 37.5 Å². The van der Waals surface area contributed by atoms with Crippen LogP contribution in [0.15, 0.2) is 48.8 Å². The number of amides is 1. The van der Waals surface area contributed by atoms with Crippen LogP contribution in [-0.2, 0) is 14.9 Å². The molecule has 1 atom stereocenters. The van der Waals surface area contributed by atoms with Crippen molar-refractivity contribution in [3.63, 3.8) is 0 Å². The van der Waals surface area contributed by atoms with Crippen molar-refractivity contribution in [3.05, 3.63) is 59.9 Å². The minimum atomic E-state index is -0.238. The van der Waals surface area contributed by atoms with Gasteiger partial charge in [0, 0.05) is 68.5 Å². The van der Waals surface area contributed by atoms with E-state index in [1.54, 1.807) is 18.2 Å². The van der Waals surface area contributed by atoms with Gasteiger partial charge in [-0.3, -0.25) is 4.79 Å². The highest BCUT2D eigenvalue weighted by Crippen LogP contribution is 2.43. The lowest BCUT2D eigenvalue weighted by molar-refractivity contribution is -0.129. The Balaban J connectivity index is 1.41. The van der Waals surface area contributed by atoms with E-state index in [9.17, 15) is 4.79 Å². The highest BCUT2D eigenvalue weighted by atomic mass is 16.5. The summed E-state index contributed by atoms with van der Waals surface area (Å²) in [6.07, 6.45) is 3.68. The molecule has 0 bridgehead atoms. The SMILES string of the molecule is COC[C@@]1(C)CN(c2ccccn2)c2nc(Nc3ccc(N4CCN(C)C(=O)C4)c(C)c3)ncc21. The second-order valence-corrected chi connectivity index (χ2v) is 9.56. The van der Waals surface area contributed by atoms with Gasteiger partial charge in [0.15, 0.2) is 0 Å². The van der Waals surface area contributed by atoms with E-state index in [2.05, 4.69) is 51.1 Å². The summed E-state index contributed by atoms with van der Waals surface area (Å²) in [4.78, 5) is 32.2. The molecule has 1 saturated heterocycles. The number of carbonyl (C=O) groups excluding carboxylic acids is 1. The van der Waals surface area contributed by atoms with Gasteiger partial charge in [0.2, 0.25) is 11.9 Å². The van der Waals surface area contributed by atoms with E-state index >= 15 is 0 Å². The first-order valence-electron chi connectivity index (χ1n) is 11.8. The number of benzene rings is 1. The van der Waals surface area contributed by atoms with E-state index in [0.717, 1.165) is 47.2 Å². The summed E-state index contributed by atoms with van der Waals surface area (Å²) in [7, 11) is 3.57. The van der Waals surface area contributed by atoms with Crippen LogP contribution in [0.5, 0.6) is 0 Å². The Labute approximate surface area is 205 Å². The van der Waals surface area contributed by atoms with Crippen LogP contribution >= 0.6 is 0 Å². The molecule has 3 aromatic rings. The molecular weight excluding hydrogens is 442 g/mol. The van der Waals surface area contributed by atoms with Crippen molar-refractivity contribution >= 4 is 34.9 Å². The van der Waals surface area contributed by atoms with Gasteiger partial charge in [-0.2, -0.15) is 4.98 Å². The van der Waals surface area contributed by atoms with Crippen LogP contribution in [0.2, 0.25) is 0 Å². The summed E-state index contributed by atoms with van der Waals surface area (Å²) in [6.45, 7) is 7.47. The Kier molecular flexibility index (Phi) is 6.02. The average molecular weight is 474 g/mol. The molecule has 35 heavy (non-hydrogen) atoms. The van der Waals surface area contributed by atoms with Crippen LogP contribution in [0, 0.1) is 6.92 Å². The minimum Gasteiger partial charge on any atom is -0.384 e. The number of nitrogens with one attached hydrogen (secondary N) is 1. The van der Waals surface area contributed by atoms with Crippen LogP contribution < -0.4 is 15.1 Å². The predicted molar refractivity (Wildman–Crippen MR) is 137 cm³/mol. The zero-order valence-corrected chi connectivity index (χ0v) is 20.7. The first kappa shape index (κ1) is 23.0. The van der Waals surface area contributed by atoms with Gasteiger partial charge in [0.1, 0.15) is 11.6 Å². The molecule has 1 N–H and O–H groups in total. The molecule has 0 radical (unpaired) electrons. The van der Waals surface area contributed by atoms with Crippen molar-refractivity contribution in [2.24, 2.45) is 0 Å². The number of aryl methyl sites for hydroxylation is 1. The van der Waals surface area contributed by atoms with Gasteiger partial charge >= 0.3 is 0 Å². The summed E-state index contributed by atoms with van der Waals surface area (Å²) >= 11 is 0. The number of rotatable bonds is 6. The monoisotopic (exact) mass is 473 g/mol. The zero-order valence-electron chi connectivity index (χ0n) is 20.7. The van der Waals surface area contributed by atoms with E-state index in [0.29, 0.717) is 25.6 Å². The first-order valence-corrected chi connectivity index (χ1v) is 11.8. The third-order valence-corrected chi connectivity index (χ3v) is 6.82. The lowest BCUT2D eigenvalue weighted by Gasteiger charge is -2.34. The zero-order chi connectivity index (χ0) is 24.6. The minimum absolute atomic E-state index is 0.141. The summed E-state index contributed by atoms with van der Waals surface area (Å²) in [5.74, 6) is 2.35. The Morgan fingerprint density at radius 3 is 2.74 bits per heavy atom. The van der Waals surface area contributed by atoms with Crippen molar-refractivity contribution in [1.29, 1.82) is 0 Å². The molecule has 5 rings (SSSR count). The number of likely N-dealkylation sites (N-methyl/N-ethyl adjacent to an activating group) is 1. The number of aromatic nitrogens is 3. The molecule has 4 heterocycles. The molecule has 0 spiro atoms. The summed E-state index contributed by atoms with van der Waals surface area (Å²) in [6, 6.07) is 12.0. The van der Waals surface area contributed by atoms with Gasteiger partial charge in [0.25, 0.3) is 0 Å². The Morgan fingerprint density at radius 1 is 1.17 bits per heavy atom. The summed E-state index contributed by atoms with van der Waals surface area (Å²) in [5.41, 5.74) is 3.87. The molecule has 1 fully saturated rings. The smallest absolute Gasteiger partial charge is 0.241 e. The van der Waals surface area contributed by atoms with Gasteiger partial charge in [-0.15, -0.1) is 0 Å². The van der Waals surface area contributed by atoms with Gasteiger partial charge in [-0.1, -0.05) is 13.0 Å². The number of nitrogens with zero attached hydrogens (tertiary/aromatic N) is 6. The number of methoxy groups -OCH3 is 1. The molecule has 2 aromatic heterocycles. The second-order valence-electron chi connectivity index (χ2n) is 9.56. The molecule has 2 aliphatic heterocycles. The van der Waals surface area contributed by atoms with Crippen molar-refractivity contribution in [2.75, 3.05) is 62.1 Å². The number of anilines is 5. The number of piperazine rings is 1. The van der Waals surface area contributed by atoms with Crippen LogP contribution in [0.1, 0.15) is 18.1 Å². The topological polar surface area (TPSA) is 86.7 Å². The lowest BCUT2D eigenvalue weighted by Crippen LogP contribution is -2.48. The van der Waals surface area contributed by atoms with E-state index in [1.165, 1.54) is 0 Å². The molecule has 2 aliphatic rings. The maximum absolute atomic E-state index is 12.1. The molecule has 0 saturated carbocycles. The standard InChI is InChI=1S/C26H31N7O2/c1-18-13-19(8-9-21(18)32-12-11-31(3)23(34)15-32)29-25-28-14-20-24(30-25)33(16-26(20,2)17-35-4)22-7-5-6-10-27-22/h5-10,13-14H,11-12,15-17H2,1-4H3,(H,28,29,30)/t26-/m1/s1. The largest absolute Gasteiger partial charge is 0.384 e. The number of fused-ring (bicyclic) bond motifs is 1. The Morgan fingerprint density at radius 2 is 2.03 bits per heavy atom. The molecule has 182 valence electrons. The van der Waals surface area contributed by atoms with Crippen molar-refractivity contribution in [3.8, 4) is 0 Å². The molecule has 9 heteroatoms. The Bertz CT molecular complexity index is 1240. The maximum Gasteiger partial charge on any atom is 0.241 e. The molecule has 0 unspecified atom stereocenters. The number of hydrogen-bond acceptors (Lipinski definition) is 8. The lowest BCUT2D eigenvalue weighted by atomic mass is 9.87. The highest BCUT2D eigenvalue weighted by molar-refractivity contribution is 5.83. The summed E-state index contributed by atoms with van der Waals surface area (Å²) < 4.78 is 5.54. The van der Waals surface area contributed by atoms with Gasteiger partial charge in [-0.25, -0.2) is 9.97 Å². The predicted octanol–water partition coefficient (Wildman–Crippen LogP) is 3.26. The van der Waals surface area contributed by atoms with Gasteiger partial charge in [0.05, 0.1) is 13.2 Å². The molecular formula is C26H31N7O2. The van der Waals surface area contributed by atoms with Crippen LogP contribution in [-0.4, -0.2) is 72.7 Å². The fourth-order valence-electron chi connectivity index (χ4n) is 4.90. The van der Waals surface area contributed by atoms with Crippen LogP contribution in [0.25, 0.3) is 0 Å². The number of pyridine rings is 1. The quantitative estimate of drug-likeness (QED) is 0.584. The first-order chi connectivity index (χ1) is 16.9. The number of hydrogen-bond donors (Lipinski definition) is 1. The van der Waals surface area contributed by atoms with Gasteiger partial charge < -0.3 is 24.8 Å². The van der Waals surface area contributed by atoms with E-state index < -0.39 is 0 Å². The average Bonchev–Trinajstić information content (AvgIpc) is 3.14. The molecule has 1 amide bonds. The number of ether oxygens (including phenoxy) is 1. The van der Waals surface area contributed by atoms with Crippen LogP contribution in [0.3, 0.4) is 0 Å². The van der Waals surface area contributed by atoms with E-state index in [-0.39, 0.29) is 11.3 Å². The maximum atomic E-state index is 12.1. The van der Waals surface area contributed by atoms with Crippen molar-refractivity contribution in [1.82, 2.24) is 19.9 Å². The van der Waals surface area contributed by atoms with Crippen molar-refractivity contribution in [2.45, 2.75) is 19.3 Å². The third-order valence-electron chi connectivity index (χ3n) is 6.82. The van der Waals surface area contributed by atoms with Crippen LogP contribution in [0.4, 0.5) is 29.0 Å². The summed E-state index contributed by atoms with van der Waals surface area (Å²) in [5, 5.41) is 3.36. The molecule has 1 aromatic carbocycles. The molecule has 9 nitrogen and oxygen atoms in total. The highest BCUT2D eigenvalue weighted by Gasteiger charge is 2.42. The van der Waals surface area contributed by atoms with E-state index in [4.69, 9.17) is 9.72 Å². The Hall–Kier alpha value is -3.72. The third kappa shape index (κ3) is 4.39.